The zero-order valence-corrected chi connectivity index (χ0v) is 24.5. The second kappa shape index (κ2) is 13.2. The Morgan fingerprint density at radius 3 is 2.33 bits per heavy atom. The summed E-state index contributed by atoms with van der Waals surface area (Å²) in [7, 11) is 0. The monoisotopic (exact) mass is 576 g/mol. The highest BCUT2D eigenvalue weighted by atomic mass is 19.1. The van der Waals surface area contributed by atoms with Gasteiger partial charge in [-0.1, -0.05) is 12.1 Å². The van der Waals surface area contributed by atoms with E-state index in [1.807, 2.05) is 13.8 Å². The van der Waals surface area contributed by atoms with Gasteiger partial charge in [-0.25, -0.2) is 4.39 Å². The molecule has 224 valence electrons. The third kappa shape index (κ3) is 7.24. The van der Waals surface area contributed by atoms with E-state index >= 15 is 0 Å². The summed E-state index contributed by atoms with van der Waals surface area (Å²) in [5, 5.41) is 12.2. The van der Waals surface area contributed by atoms with Gasteiger partial charge in [-0.3, -0.25) is 19.3 Å². The van der Waals surface area contributed by atoms with E-state index in [0.29, 0.717) is 17.8 Å². The van der Waals surface area contributed by atoms with Crippen LogP contribution in [0.25, 0.3) is 0 Å². The maximum absolute atomic E-state index is 13.5. The van der Waals surface area contributed by atoms with Crippen LogP contribution < -0.4 is 10.2 Å². The smallest absolute Gasteiger partial charge is 0.303 e. The van der Waals surface area contributed by atoms with Crippen LogP contribution in [0.3, 0.4) is 0 Å². The Balaban J connectivity index is 1.35. The zero-order chi connectivity index (χ0) is 29.8. The fraction of sp³-hybridized carbons (Fsp3) is 0.515. The molecule has 42 heavy (non-hydrogen) atoms. The Labute approximate surface area is 247 Å². The molecule has 0 aromatic heterocycles. The molecule has 1 saturated carbocycles. The number of hydrogen-bond acceptors (Lipinski definition) is 4. The van der Waals surface area contributed by atoms with Crippen molar-refractivity contribution in [2.45, 2.75) is 83.8 Å². The lowest BCUT2D eigenvalue weighted by Crippen LogP contribution is -2.44. The predicted octanol–water partition coefficient (Wildman–Crippen LogP) is 5.20. The third-order valence-electron chi connectivity index (χ3n) is 8.80. The lowest BCUT2D eigenvalue weighted by Gasteiger charge is -2.36. The number of carbonyl (C=O) groups is 3. The number of amides is 2. The Morgan fingerprint density at radius 2 is 1.69 bits per heavy atom. The summed E-state index contributed by atoms with van der Waals surface area (Å²) in [4.78, 5) is 46.1. The van der Waals surface area contributed by atoms with E-state index in [-0.39, 0.29) is 36.2 Å². The Bertz CT molecular complexity index is 1330. The third-order valence-corrected chi connectivity index (χ3v) is 8.80. The molecule has 0 unspecified atom stereocenters. The molecule has 9 heteroatoms. The SMILES string of the molecule is CC(C)NC(=O)C1CCC(N2C(=NC(=O)c3ccc(F)cc3)Cc3ccc(CN4CCC(CC(=O)O)CC4)cc32)CC1. The average Bonchev–Trinajstić information content (AvgIpc) is 3.30. The molecule has 2 N–H and O–H groups in total. The number of likely N-dealkylation sites (tertiary alicyclic amines) is 1. The summed E-state index contributed by atoms with van der Waals surface area (Å²) in [5.74, 6) is -0.478. The quantitative estimate of drug-likeness (QED) is 0.448. The van der Waals surface area contributed by atoms with Crippen LogP contribution in [-0.4, -0.2) is 58.8 Å². The first-order chi connectivity index (χ1) is 20.2. The predicted molar refractivity (Wildman–Crippen MR) is 160 cm³/mol. The number of nitrogens with one attached hydrogen (secondary N) is 1. The number of anilines is 1. The van der Waals surface area contributed by atoms with Crippen LogP contribution in [0, 0.1) is 17.7 Å². The largest absolute Gasteiger partial charge is 0.481 e. The molecule has 0 radical (unpaired) electrons. The molecule has 2 fully saturated rings. The lowest BCUT2D eigenvalue weighted by atomic mass is 9.84. The summed E-state index contributed by atoms with van der Waals surface area (Å²) >= 11 is 0. The number of aliphatic imine (C=N–C) groups is 1. The van der Waals surface area contributed by atoms with Gasteiger partial charge in [0.1, 0.15) is 11.7 Å². The number of carboxylic acid groups (broad SMARTS) is 1. The van der Waals surface area contributed by atoms with Gasteiger partial charge in [0.2, 0.25) is 5.91 Å². The van der Waals surface area contributed by atoms with Gasteiger partial charge in [-0.15, -0.1) is 0 Å². The van der Waals surface area contributed by atoms with E-state index in [4.69, 9.17) is 5.11 Å². The minimum atomic E-state index is -0.725. The number of aliphatic carboxylic acids is 1. The van der Waals surface area contributed by atoms with Crippen LogP contribution in [0.1, 0.15) is 80.3 Å². The second-order valence-corrected chi connectivity index (χ2v) is 12.3. The summed E-state index contributed by atoms with van der Waals surface area (Å²) in [6.07, 6.45) is 5.75. The van der Waals surface area contributed by atoms with Crippen molar-refractivity contribution < 1.29 is 23.9 Å². The summed E-state index contributed by atoms with van der Waals surface area (Å²) in [6, 6.07) is 12.2. The first-order valence-corrected chi connectivity index (χ1v) is 15.2. The molecule has 0 bridgehead atoms. The van der Waals surface area contributed by atoms with E-state index < -0.39 is 17.7 Å². The molecule has 1 aliphatic carbocycles. The average molecular weight is 577 g/mol. The number of rotatable bonds is 8. The number of benzene rings is 2. The van der Waals surface area contributed by atoms with E-state index in [1.165, 1.54) is 29.8 Å². The normalized spacial score (nSPS) is 22.4. The van der Waals surface area contributed by atoms with Gasteiger partial charge < -0.3 is 15.3 Å². The second-order valence-electron chi connectivity index (χ2n) is 12.3. The number of carbonyl (C=O) groups excluding carboxylic acids is 2. The minimum Gasteiger partial charge on any atom is -0.481 e. The van der Waals surface area contributed by atoms with Crippen LogP contribution in [0.4, 0.5) is 10.1 Å². The fourth-order valence-electron chi connectivity index (χ4n) is 6.60. The van der Waals surface area contributed by atoms with Crippen LogP contribution in [-0.2, 0) is 22.6 Å². The Kier molecular flexibility index (Phi) is 9.36. The van der Waals surface area contributed by atoms with Crippen molar-refractivity contribution in [1.29, 1.82) is 0 Å². The molecule has 2 aromatic rings. The van der Waals surface area contributed by atoms with Gasteiger partial charge >= 0.3 is 5.97 Å². The van der Waals surface area contributed by atoms with E-state index in [0.717, 1.165) is 69.4 Å². The van der Waals surface area contributed by atoms with Gasteiger partial charge in [-0.2, -0.15) is 4.99 Å². The number of hydrogen-bond donors (Lipinski definition) is 2. The van der Waals surface area contributed by atoms with Crippen LogP contribution in [0.2, 0.25) is 0 Å². The molecular weight excluding hydrogens is 535 g/mol. The van der Waals surface area contributed by atoms with Crippen molar-refractivity contribution in [3.8, 4) is 0 Å². The van der Waals surface area contributed by atoms with Crippen molar-refractivity contribution in [3.05, 3.63) is 65.0 Å². The zero-order valence-electron chi connectivity index (χ0n) is 24.5. The molecule has 0 spiro atoms. The highest BCUT2D eigenvalue weighted by molar-refractivity contribution is 6.12. The first kappa shape index (κ1) is 29.9. The summed E-state index contributed by atoms with van der Waals surface area (Å²) < 4.78 is 13.5. The molecule has 0 atom stereocenters. The fourth-order valence-corrected chi connectivity index (χ4v) is 6.60. The Hall–Kier alpha value is -3.59. The number of carboxylic acids is 1. The van der Waals surface area contributed by atoms with Crippen LogP contribution in [0.5, 0.6) is 0 Å². The molecular formula is C33H41FN4O4. The molecule has 1 saturated heterocycles. The van der Waals surface area contributed by atoms with Gasteiger partial charge in [0, 0.05) is 48.6 Å². The van der Waals surface area contributed by atoms with Crippen molar-refractivity contribution in [1.82, 2.24) is 10.2 Å². The number of amidine groups is 1. The first-order valence-electron chi connectivity index (χ1n) is 15.2. The van der Waals surface area contributed by atoms with Gasteiger partial charge in [0.25, 0.3) is 5.91 Å². The van der Waals surface area contributed by atoms with Gasteiger partial charge in [-0.05, 0) is 113 Å². The molecule has 5 rings (SSSR count). The minimum absolute atomic E-state index is 0.0117. The standard InChI is InChI=1S/C33H41FN4O4/c1-21(2)35-32(41)25-7-11-28(12-8-25)38-29-17-23(20-37-15-13-22(14-16-37)18-31(39)40)3-4-26(29)19-30(38)36-33(42)24-5-9-27(34)10-6-24/h3-6,9-10,17,21-22,25,28H,7-8,11-16,18-20H2,1-2H3,(H,35,41)(H,39,40). The van der Waals surface area contributed by atoms with Crippen LogP contribution >= 0.6 is 0 Å². The van der Waals surface area contributed by atoms with Crippen molar-refractivity contribution in [3.63, 3.8) is 0 Å². The lowest BCUT2D eigenvalue weighted by molar-refractivity contribution is -0.138. The number of halogens is 1. The number of nitrogens with zero attached hydrogens (tertiary/aromatic N) is 3. The molecule has 2 aliphatic heterocycles. The van der Waals surface area contributed by atoms with Crippen molar-refractivity contribution in [2.75, 3.05) is 18.0 Å². The maximum atomic E-state index is 13.5. The molecule has 8 nitrogen and oxygen atoms in total. The highest BCUT2D eigenvalue weighted by Crippen LogP contribution is 2.38. The Morgan fingerprint density at radius 1 is 1.00 bits per heavy atom. The topological polar surface area (TPSA) is 102 Å². The number of fused-ring (bicyclic) bond motifs is 1. The number of piperidine rings is 1. The van der Waals surface area contributed by atoms with E-state index in [1.54, 1.807) is 0 Å². The maximum Gasteiger partial charge on any atom is 0.303 e. The summed E-state index contributed by atoms with van der Waals surface area (Å²) in [6.45, 7) is 6.48. The summed E-state index contributed by atoms with van der Waals surface area (Å²) in [5.41, 5.74) is 3.70. The molecule has 2 amide bonds. The van der Waals surface area contributed by atoms with Crippen molar-refractivity contribution in [2.24, 2.45) is 16.8 Å². The highest BCUT2D eigenvalue weighted by Gasteiger charge is 2.36. The van der Waals surface area contributed by atoms with Crippen LogP contribution in [0.15, 0.2) is 47.5 Å². The van der Waals surface area contributed by atoms with Gasteiger partial charge in [0.15, 0.2) is 0 Å². The molecule has 2 aromatic carbocycles. The van der Waals surface area contributed by atoms with E-state index in [2.05, 4.69) is 38.3 Å². The van der Waals surface area contributed by atoms with Crippen molar-refractivity contribution >= 4 is 29.3 Å². The van der Waals surface area contributed by atoms with E-state index in [9.17, 15) is 18.8 Å². The molecule has 2 heterocycles. The molecule has 3 aliphatic rings. The van der Waals surface area contributed by atoms with Gasteiger partial charge in [0.05, 0.1) is 0 Å².